The van der Waals surface area contributed by atoms with E-state index in [0.717, 1.165) is 19.5 Å². The van der Waals surface area contributed by atoms with Crippen LogP contribution < -0.4 is 5.73 Å². The Balaban J connectivity index is 0. The fraction of sp³-hybridized carbons (Fsp3) is 1.00. The van der Waals surface area contributed by atoms with Gasteiger partial charge in [0, 0.05) is 12.6 Å². The molecular formula is C7H17Cl2FN2. The number of nitrogens with two attached hydrogens (primary N) is 1. The molecule has 1 aliphatic rings. The summed E-state index contributed by atoms with van der Waals surface area (Å²) in [7, 11) is 0. The molecule has 0 amide bonds. The zero-order valence-corrected chi connectivity index (χ0v) is 8.84. The highest BCUT2D eigenvalue weighted by atomic mass is 35.5. The van der Waals surface area contributed by atoms with Gasteiger partial charge in [-0.1, -0.05) is 6.92 Å². The SMILES string of the molecule is CCN1CC[C@@H](N)[C@H](F)C1.Cl.Cl. The lowest BCUT2D eigenvalue weighted by atomic mass is 10.0. The van der Waals surface area contributed by atoms with Crippen LogP contribution in [-0.4, -0.2) is 36.7 Å². The number of piperidine rings is 1. The summed E-state index contributed by atoms with van der Waals surface area (Å²) in [6.45, 7) is 4.46. The van der Waals surface area contributed by atoms with E-state index in [4.69, 9.17) is 5.73 Å². The first-order valence-electron chi connectivity index (χ1n) is 3.86. The van der Waals surface area contributed by atoms with Gasteiger partial charge < -0.3 is 10.6 Å². The molecule has 1 fully saturated rings. The summed E-state index contributed by atoms with van der Waals surface area (Å²) in [5.41, 5.74) is 5.49. The molecule has 1 rings (SSSR count). The second kappa shape index (κ2) is 6.89. The van der Waals surface area contributed by atoms with E-state index in [1.165, 1.54) is 0 Å². The number of halogens is 3. The van der Waals surface area contributed by atoms with Gasteiger partial charge in [0.25, 0.3) is 0 Å². The van der Waals surface area contributed by atoms with Gasteiger partial charge in [-0.25, -0.2) is 4.39 Å². The topological polar surface area (TPSA) is 29.3 Å². The first-order valence-corrected chi connectivity index (χ1v) is 3.86. The number of hydrogen-bond acceptors (Lipinski definition) is 2. The number of rotatable bonds is 1. The number of nitrogens with zero attached hydrogens (tertiary/aromatic N) is 1. The third-order valence-corrected chi connectivity index (χ3v) is 2.12. The molecule has 5 heteroatoms. The van der Waals surface area contributed by atoms with Crippen molar-refractivity contribution in [3.05, 3.63) is 0 Å². The van der Waals surface area contributed by atoms with Crippen LogP contribution in [0.4, 0.5) is 4.39 Å². The van der Waals surface area contributed by atoms with Crippen LogP contribution in [0.2, 0.25) is 0 Å². The predicted octanol–water partition coefficient (Wildman–Crippen LogP) is 1.22. The Kier molecular flexibility index (Phi) is 8.58. The summed E-state index contributed by atoms with van der Waals surface area (Å²) in [6.07, 6.45) is -0.0108. The molecular weight excluding hydrogens is 202 g/mol. The van der Waals surface area contributed by atoms with Gasteiger partial charge in [-0.2, -0.15) is 0 Å². The zero-order valence-electron chi connectivity index (χ0n) is 7.20. The molecule has 2 N–H and O–H groups in total. The molecule has 2 atom stereocenters. The Morgan fingerprint density at radius 2 is 2.08 bits per heavy atom. The van der Waals surface area contributed by atoms with Gasteiger partial charge in [0.05, 0.1) is 0 Å². The summed E-state index contributed by atoms with van der Waals surface area (Å²) in [6, 6.07) is -0.220. The maximum absolute atomic E-state index is 12.8. The quantitative estimate of drug-likeness (QED) is 0.718. The molecule has 0 saturated carbocycles. The van der Waals surface area contributed by atoms with E-state index < -0.39 is 6.17 Å². The van der Waals surface area contributed by atoms with E-state index in [1.807, 2.05) is 6.92 Å². The van der Waals surface area contributed by atoms with Crippen molar-refractivity contribution in [1.29, 1.82) is 0 Å². The average molecular weight is 219 g/mol. The summed E-state index contributed by atoms with van der Waals surface area (Å²) in [5, 5.41) is 0. The first kappa shape index (κ1) is 14.9. The minimum Gasteiger partial charge on any atom is -0.325 e. The van der Waals surface area contributed by atoms with Crippen LogP contribution in [-0.2, 0) is 0 Å². The molecule has 0 aromatic carbocycles. The molecule has 0 aromatic rings. The van der Waals surface area contributed by atoms with Gasteiger partial charge >= 0.3 is 0 Å². The van der Waals surface area contributed by atoms with E-state index >= 15 is 0 Å². The smallest absolute Gasteiger partial charge is 0.128 e. The molecule has 1 heterocycles. The van der Waals surface area contributed by atoms with Crippen molar-refractivity contribution in [2.45, 2.75) is 25.6 Å². The maximum Gasteiger partial charge on any atom is 0.128 e. The molecule has 0 radical (unpaired) electrons. The summed E-state index contributed by atoms with van der Waals surface area (Å²) < 4.78 is 12.8. The van der Waals surface area contributed by atoms with Gasteiger partial charge in [-0.05, 0) is 19.5 Å². The van der Waals surface area contributed by atoms with Gasteiger partial charge in [-0.15, -0.1) is 24.8 Å². The first-order chi connectivity index (χ1) is 4.74. The lowest BCUT2D eigenvalue weighted by Gasteiger charge is -2.31. The van der Waals surface area contributed by atoms with Crippen LogP contribution >= 0.6 is 24.8 Å². The summed E-state index contributed by atoms with van der Waals surface area (Å²) in [4.78, 5) is 2.09. The highest BCUT2D eigenvalue weighted by molar-refractivity contribution is 5.85. The molecule has 76 valence electrons. The van der Waals surface area contributed by atoms with E-state index in [1.54, 1.807) is 0 Å². The van der Waals surface area contributed by atoms with Gasteiger partial charge in [0.15, 0.2) is 0 Å². The van der Waals surface area contributed by atoms with Gasteiger partial charge in [0.2, 0.25) is 0 Å². The Morgan fingerprint density at radius 3 is 2.50 bits per heavy atom. The van der Waals surface area contributed by atoms with Crippen LogP contribution in [0.25, 0.3) is 0 Å². The van der Waals surface area contributed by atoms with Crippen molar-refractivity contribution < 1.29 is 4.39 Å². The Hall–Kier alpha value is 0.430. The summed E-state index contributed by atoms with van der Waals surface area (Å²) in [5.74, 6) is 0. The molecule has 0 spiro atoms. The molecule has 0 unspecified atom stereocenters. The van der Waals surface area contributed by atoms with Crippen LogP contribution in [0.5, 0.6) is 0 Å². The van der Waals surface area contributed by atoms with Gasteiger partial charge in [0.1, 0.15) is 6.17 Å². The third-order valence-electron chi connectivity index (χ3n) is 2.12. The minimum atomic E-state index is -0.811. The molecule has 0 aliphatic carbocycles. The van der Waals surface area contributed by atoms with E-state index in [2.05, 4.69) is 4.90 Å². The molecule has 12 heavy (non-hydrogen) atoms. The average Bonchev–Trinajstić information content (AvgIpc) is 1.95. The van der Waals surface area contributed by atoms with E-state index in [9.17, 15) is 4.39 Å². The fourth-order valence-corrected chi connectivity index (χ4v) is 1.27. The Bertz CT molecular complexity index is 116. The third kappa shape index (κ3) is 3.90. The number of likely N-dealkylation sites (tertiary alicyclic amines) is 1. The van der Waals surface area contributed by atoms with Crippen molar-refractivity contribution in [2.24, 2.45) is 5.73 Å². The van der Waals surface area contributed by atoms with Crippen molar-refractivity contribution in [3.8, 4) is 0 Å². The normalized spacial score (nSPS) is 30.2. The molecule has 1 saturated heterocycles. The molecule has 0 aromatic heterocycles. The second-order valence-electron chi connectivity index (χ2n) is 2.86. The van der Waals surface area contributed by atoms with Crippen LogP contribution in [0.1, 0.15) is 13.3 Å². The standard InChI is InChI=1S/C7H15FN2.2ClH/c1-2-10-4-3-7(9)6(8)5-10;;/h6-7H,2-5,9H2,1H3;2*1H/t6-,7-;;/m1../s1. The fourth-order valence-electron chi connectivity index (χ4n) is 1.27. The Labute approximate surface area is 85.5 Å². The maximum atomic E-state index is 12.8. The number of hydrogen-bond donors (Lipinski definition) is 1. The van der Waals surface area contributed by atoms with E-state index in [0.29, 0.717) is 6.54 Å². The number of alkyl halides is 1. The van der Waals surface area contributed by atoms with Crippen LogP contribution in [0.15, 0.2) is 0 Å². The van der Waals surface area contributed by atoms with Crippen molar-refractivity contribution in [3.63, 3.8) is 0 Å². The highest BCUT2D eigenvalue weighted by Gasteiger charge is 2.24. The highest BCUT2D eigenvalue weighted by Crippen LogP contribution is 2.11. The minimum absolute atomic E-state index is 0. The van der Waals surface area contributed by atoms with E-state index in [-0.39, 0.29) is 30.9 Å². The monoisotopic (exact) mass is 218 g/mol. The largest absolute Gasteiger partial charge is 0.325 e. The predicted molar refractivity (Wildman–Crippen MR) is 54.1 cm³/mol. The van der Waals surface area contributed by atoms with Crippen LogP contribution in [0.3, 0.4) is 0 Å². The molecule has 1 aliphatic heterocycles. The molecule has 2 nitrogen and oxygen atoms in total. The lowest BCUT2D eigenvalue weighted by molar-refractivity contribution is 0.124. The second-order valence-corrected chi connectivity index (χ2v) is 2.86. The van der Waals surface area contributed by atoms with Gasteiger partial charge in [-0.3, -0.25) is 0 Å². The molecule has 0 bridgehead atoms. The van der Waals surface area contributed by atoms with Crippen molar-refractivity contribution in [2.75, 3.05) is 19.6 Å². The zero-order chi connectivity index (χ0) is 7.56. The van der Waals surface area contributed by atoms with Crippen molar-refractivity contribution in [1.82, 2.24) is 4.90 Å². The van der Waals surface area contributed by atoms with Crippen molar-refractivity contribution >= 4 is 24.8 Å². The lowest BCUT2D eigenvalue weighted by Crippen LogP contribution is -2.48. The van der Waals surface area contributed by atoms with Crippen LogP contribution in [0, 0.1) is 0 Å². The Morgan fingerprint density at radius 1 is 1.50 bits per heavy atom. The summed E-state index contributed by atoms with van der Waals surface area (Å²) >= 11 is 0.